The highest BCUT2D eigenvalue weighted by Crippen LogP contribution is 2.14. The molecular weight excluding hydrogens is 240 g/mol. The first-order chi connectivity index (χ1) is 9.28. The standard InChI is InChI=1S/C15H22N2O2/c1-19-11-12-4-2-5-14(10-12)17-15(18)8-7-13-6-3-9-16-13/h2,4-5,10,13,16H,3,6-9,11H2,1H3,(H,17,18). The molecule has 104 valence electrons. The Morgan fingerprint density at radius 1 is 1.53 bits per heavy atom. The summed E-state index contributed by atoms with van der Waals surface area (Å²) in [6.45, 7) is 1.65. The zero-order chi connectivity index (χ0) is 13.5. The number of rotatable bonds is 6. The van der Waals surface area contributed by atoms with Crippen molar-refractivity contribution in [1.82, 2.24) is 5.32 Å². The lowest BCUT2D eigenvalue weighted by atomic mass is 10.1. The van der Waals surface area contributed by atoms with Gasteiger partial charge in [-0.15, -0.1) is 0 Å². The van der Waals surface area contributed by atoms with Crippen LogP contribution < -0.4 is 10.6 Å². The predicted molar refractivity (Wildman–Crippen MR) is 76.0 cm³/mol. The number of nitrogens with one attached hydrogen (secondary N) is 2. The van der Waals surface area contributed by atoms with Crippen molar-refractivity contribution in [2.24, 2.45) is 0 Å². The second-order valence-corrected chi connectivity index (χ2v) is 5.01. The van der Waals surface area contributed by atoms with E-state index in [0.29, 0.717) is 19.1 Å². The lowest BCUT2D eigenvalue weighted by molar-refractivity contribution is -0.116. The summed E-state index contributed by atoms with van der Waals surface area (Å²) < 4.78 is 5.08. The van der Waals surface area contributed by atoms with E-state index in [1.165, 1.54) is 12.8 Å². The van der Waals surface area contributed by atoms with E-state index in [1.807, 2.05) is 24.3 Å². The highest BCUT2D eigenvalue weighted by atomic mass is 16.5. The predicted octanol–water partition coefficient (Wildman–Crippen LogP) is 2.30. The lowest BCUT2D eigenvalue weighted by Gasteiger charge is -2.10. The fraction of sp³-hybridized carbons (Fsp3) is 0.533. The molecule has 1 aliphatic rings. The summed E-state index contributed by atoms with van der Waals surface area (Å²) in [5, 5.41) is 6.35. The van der Waals surface area contributed by atoms with E-state index in [9.17, 15) is 4.79 Å². The van der Waals surface area contributed by atoms with Gasteiger partial charge in [0.2, 0.25) is 5.91 Å². The van der Waals surface area contributed by atoms with E-state index in [0.717, 1.165) is 24.2 Å². The summed E-state index contributed by atoms with van der Waals surface area (Å²) in [5.74, 6) is 0.0864. The minimum absolute atomic E-state index is 0.0864. The number of carbonyl (C=O) groups excluding carboxylic acids is 1. The van der Waals surface area contributed by atoms with E-state index >= 15 is 0 Å². The van der Waals surface area contributed by atoms with Crippen LogP contribution in [0.3, 0.4) is 0 Å². The van der Waals surface area contributed by atoms with E-state index in [4.69, 9.17) is 4.74 Å². The maximum Gasteiger partial charge on any atom is 0.224 e. The number of carbonyl (C=O) groups is 1. The van der Waals surface area contributed by atoms with Crippen LogP contribution in [0.25, 0.3) is 0 Å². The molecule has 1 aliphatic heterocycles. The van der Waals surface area contributed by atoms with Crippen LogP contribution in [0, 0.1) is 0 Å². The van der Waals surface area contributed by atoms with Crippen molar-refractivity contribution in [3.63, 3.8) is 0 Å². The zero-order valence-electron chi connectivity index (χ0n) is 11.4. The molecule has 2 N–H and O–H groups in total. The van der Waals surface area contributed by atoms with Gasteiger partial charge in [-0.3, -0.25) is 4.79 Å². The largest absolute Gasteiger partial charge is 0.380 e. The molecule has 1 aromatic carbocycles. The highest BCUT2D eigenvalue weighted by molar-refractivity contribution is 5.90. The van der Waals surface area contributed by atoms with Gasteiger partial charge in [-0.1, -0.05) is 12.1 Å². The molecule has 1 atom stereocenters. The molecule has 0 spiro atoms. The summed E-state index contributed by atoms with van der Waals surface area (Å²) in [7, 11) is 1.67. The molecular formula is C15H22N2O2. The molecule has 0 bridgehead atoms. The third-order valence-electron chi connectivity index (χ3n) is 3.40. The summed E-state index contributed by atoms with van der Waals surface area (Å²) in [6, 6.07) is 8.30. The number of amides is 1. The van der Waals surface area contributed by atoms with Crippen LogP contribution in [-0.4, -0.2) is 25.6 Å². The maximum atomic E-state index is 11.9. The molecule has 1 amide bonds. The van der Waals surface area contributed by atoms with Crippen LogP contribution >= 0.6 is 0 Å². The Balaban J connectivity index is 1.79. The molecule has 0 aromatic heterocycles. The van der Waals surface area contributed by atoms with Crippen LogP contribution in [0.1, 0.15) is 31.2 Å². The smallest absolute Gasteiger partial charge is 0.224 e. The monoisotopic (exact) mass is 262 g/mol. The van der Waals surface area contributed by atoms with Crippen molar-refractivity contribution < 1.29 is 9.53 Å². The van der Waals surface area contributed by atoms with Crippen LogP contribution in [0.2, 0.25) is 0 Å². The quantitative estimate of drug-likeness (QED) is 0.827. The molecule has 1 fully saturated rings. The summed E-state index contributed by atoms with van der Waals surface area (Å²) in [6.07, 6.45) is 3.91. The van der Waals surface area contributed by atoms with Gasteiger partial charge in [0.05, 0.1) is 6.61 Å². The Labute approximate surface area is 114 Å². The van der Waals surface area contributed by atoms with E-state index < -0.39 is 0 Å². The molecule has 0 radical (unpaired) electrons. The van der Waals surface area contributed by atoms with Gasteiger partial charge < -0.3 is 15.4 Å². The van der Waals surface area contributed by atoms with Gasteiger partial charge in [0, 0.05) is 25.3 Å². The minimum Gasteiger partial charge on any atom is -0.380 e. The van der Waals surface area contributed by atoms with Gasteiger partial charge in [0.25, 0.3) is 0 Å². The molecule has 4 heteroatoms. The number of methoxy groups -OCH3 is 1. The summed E-state index contributed by atoms with van der Waals surface area (Å²) in [4.78, 5) is 11.9. The molecule has 4 nitrogen and oxygen atoms in total. The van der Waals surface area contributed by atoms with E-state index in [2.05, 4.69) is 10.6 Å². The molecule has 1 aromatic rings. The SMILES string of the molecule is COCc1cccc(NC(=O)CCC2CCCN2)c1. The molecule has 0 saturated carbocycles. The van der Waals surface area contributed by atoms with Gasteiger partial charge >= 0.3 is 0 Å². The first-order valence-electron chi connectivity index (χ1n) is 6.89. The van der Waals surface area contributed by atoms with Crippen LogP contribution in [0.4, 0.5) is 5.69 Å². The Bertz CT molecular complexity index is 414. The van der Waals surface area contributed by atoms with Gasteiger partial charge in [-0.05, 0) is 43.5 Å². The molecule has 19 heavy (non-hydrogen) atoms. The number of benzene rings is 1. The summed E-state index contributed by atoms with van der Waals surface area (Å²) in [5.41, 5.74) is 1.91. The Hall–Kier alpha value is -1.39. The van der Waals surface area contributed by atoms with Crippen molar-refractivity contribution in [3.05, 3.63) is 29.8 Å². The van der Waals surface area contributed by atoms with Crippen LogP contribution in [0.15, 0.2) is 24.3 Å². The second-order valence-electron chi connectivity index (χ2n) is 5.01. The molecule has 2 rings (SSSR count). The van der Waals surface area contributed by atoms with Crippen molar-refractivity contribution in [1.29, 1.82) is 0 Å². The zero-order valence-corrected chi connectivity index (χ0v) is 11.4. The average Bonchev–Trinajstić information content (AvgIpc) is 2.90. The summed E-state index contributed by atoms with van der Waals surface area (Å²) >= 11 is 0. The minimum atomic E-state index is 0.0864. The van der Waals surface area contributed by atoms with Crippen molar-refractivity contribution in [3.8, 4) is 0 Å². The van der Waals surface area contributed by atoms with Crippen LogP contribution in [0.5, 0.6) is 0 Å². The number of hydrogen-bond acceptors (Lipinski definition) is 3. The molecule has 1 unspecified atom stereocenters. The number of hydrogen-bond donors (Lipinski definition) is 2. The van der Waals surface area contributed by atoms with Gasteiger partial charge in [0.1, 0.15) is 0 Å². The molecule has 0 aliphatic carbocycles. The maximum absolute atomic E-state index is 11.9. The van der Waals surface area contributed by atoms with E-state index in [-0.39, 0.29) is 5.91 Å². The topological polar surface area (TPSA) is 50.4 Å². The average molecular weight is 262 g/mol. The van der Waals surface area contributed by atoms with Crippen LogP contribution in [-0.2, 0) is 16.1 Å². The van der Waals surface area contributed by atoms with Gasteiger partial charge in [0.15, 0.2) is 0 Å². The van der Waals surface area contributed by atoms with Gasteiger partial charge in [-0.25, -0.2) is 0 Å². The van der Waals surface area contributed by atoms with E-state index in [1.54, 1.807) is 7.11 Å². The van der Waals surface area contributed by atoms with Crippen molar-refractivity contribution >= 4 is 11.6 Å². The number of ether oxygens (including phenoxy) is 1. The fourth-order valence-corrected chi connectivity index (χ4v) is 2.44. The fourth-order valence-electron chi connectivity index (χ4n) is 2.44. The second kappa shape index (κ2) is 7.26. The Kier molecular flexibility index (Phi) is 5.36. The third-order valence-corrected chi connectivity index (χ3v) is 3.40. The molecule has 1 heterocycles. The van der Waals surface area contributed by atoms with Crippen molar-refractivity contribution in [2.75, 3.05) is 19.0 Å². The molecule has 1 saturated heterocycles. The highest BCUT2D eigenvalue weighted by Gasteiger charge is 2.15. The number of anilines is 1. The van der Waals surface area contributed by atoms with Crippen molar-refractivity contribution in [2.45, 2.75) is 38.3 Å². The first-order valence-corrected chi connectivity index (χ1v) is 6.89. The third kappa shape index (κ3) is 4.65. The lowest BCUT2D eigenvalue weighted by Crippen LogP contribution is -2.23. The Morgan fingerprint density at radius 2 is 2.42 bits per heavy atom. The van der Waals surface area contributed by atoms with Gasteiger partial charge in [-0.2, -0.15) is 0 Å². The Morgan fingerprint density at radius 3 is 3.16 bits per heavy atom. The first kappa shape index (κ1) is 14.0. The normalized spacial score (nSPS) is 18.5.